The van der Waals surface area contributed by atoms with Crippen LogP contribution in [0.3, 0.4) is 0 Å². The fourth-order valence-electron chi connectivity index (χ4n) is 2.96. The van der Waals surface area contributed by atoms with E-state index in [0.717, 1.165) is 22.2 Å². The summed E-state index contributed by atoms with van der Waals surface area (Å²) in [7, 11) is 0. The highest BCUT2D eigenvalue weighted by Gasteiger charge is 2.15. The third-order valence-electron chi connectivity index (χ3n) is 4.08. The molecule has 4 rings (SSSR count). The monoisotopic (exact) mass is 399 g/mol. The lowest BCUT2D eigenvalue weighted by atomic mass is 10.0. The molecule has 0 saturated carbocycles. The van der Waals surface area contributed by atoms with Gasteiger partial charge in [0.1, 0.15) is 17.0 Å². The zero-order valence-electron chi connectivity index (χ0n) is 14.1. The number of aromatic nitrogens is 4. The Morgan fingerprint density at radius 1 is 1.04 bits per heavy atom. The molecule has 0 aliphatic heterocycles. The second-order valence-electron chi connectivity index (χ2n) is 5.89. The highest BCUT2D eigenvalue weighted by molar-refractivity contribution is 6.35. The molecule has 0 spiro atoms. The van der Waals surface area contributed by atoms with Crippen LogP contribution in [0, 0.1) is 0 Å². The van der Waals surface area contributed by atoms with Gasteiger partial charge in [-0.1, -0.05) is 23.2 Å². The van der Waals surface area contributed by atoms with Crippen molar-refractivity contribution in [2.24, 2.45) is 0 Å². The fraction of sp³-hybridized carbons (Fsp3) is 0.105. The minimum atomic E-state index is -0.00150. The summed E-state index contributed by atoms with van der Waals surface area (Å²) in [5.41, 5.74) is 3.94. The van der Waals surface area contributed by atoms with E-state index in [2.05, 4.69) is 20.5 Å². The lowest BCUT2D eigenvalue weighted by molar-refractivity contribution is 0.311. The van der Waals surface area contributed by atoms with Crippen LogP contribution in [0.5, 0.6) is 0 Å². The number of H-pyrrole nitrogens is 1. The van der Waals surface area contributed by atoms with Crippen molar-refractivity contribution in [3.63, 3.8) is 0 Å². The summed E-state index contributed by atoms with van der Waals surface area (Å²) < 4.78 is 0. The predicted octanol–water partition coefficient (Wildman–Crippen LogP) is 4.40. The van der Waals surface area contributed by atoms with Crippen molar-refractivity contribution < 1.29 is 5.11 Å². The first-order valence-electron chi connectivity index (χ1n) is 8.26. The van der Waals surface area contributed by atoms with Crippen LogP contribution < -0.4 is 5.32 Å². The van der Waals surface area contributed by atoms with Crippen molar-refractivity contribution in [3.05, 3.63) is 58.8 Å². The van der Waals surface area contributed by atoms with Crippen molar-refractivity contribution >= 4 is 39.9 Å². The van der Waals surface area contributed by atoms with Gasteiger partial charge in [0.2, 0.25) is 0 Å². The average Bonchev–Trinajstić information content (AvgIpc) is 3.19. The second kappa shape index (κ2) is 7.52. The highest BCUT2D eigenvalue weighted by Crippen LogP contribution is 2.36. The Balaban J connectivity index is 2.00. The van der Waals surface area contributed by atoms with Gasteiger partial charge in [0, 0.05) is 34.4 Å². The number of halogens is 2. The molecule has 8 heteroatoms. The van der Waals surface area contributed by atoms with E-state index in [-0.39, 0.29) is 6.61 Å². The van der Waals surface area contributed by atoms with Crippen LogP contribution in [-0.4, -0.2) is 38.4 Å². The summed E-state index contributed by atoms with van der Waals surface area (Å²) in [5, 5.41) is 21.2. The number of pyridine rings is 2. The normalized spacial score (nSPS) is 11.1. The maximum atomic E-state index is 9.15. The third-order valence-corrected chi connectivity index (χ3v) is 4.51. The minimum Gasteiger partial charge on any atom is -0.395 e. The maximum Gasteiger partial charge on any atom is 0.127 e. The van der Waals surface area contributed by atoms with Crippen LogP contribution >= 0.6 is 23.2 Å². The Hall–Kier alpha value is -2.67. The van der Waals surface area contributed by atoms with Gasteiger partial charge < -0.3 is 10.4 Å². The van der Waals surface area contributed by atoms with E-state index >= 15 is 0 Å². The van der Waals surface area contributed by atoms with Gasteiger partial charge in [-0.25, -0.2) is 4.98 Å². The van der Waals surface area contributed by atoms with Crippen LogP contribution in [0.2, 0.25) is 10.0 Å². The number of nitrogens with one attached hydrogen (secondary N) is 2. The summed E-state index contributed by atoms with van der Waals surface area (Å²) in [5.74, 6) is 0.622. The molecule has 0 bridgehead atoms. The Kier molecular flexibility index (Phi) is 4.94. The lowest BCUT2D eigenvalue weighted by Crippen LogP contribution is -2.07. The van der Waals surface area contributed by atoms with Crippen molar-refractivity contribution in [1.82, 2.24) is 20.2 Å². The molecule has 0 aliphatic rings. The number of benzene rings is 1. The predicted molar refractivity (Wildman–Crippen MR) is 108 cm³/mol. The first-order valence-corrected chi connectivity index (χ1v) is 9.02. The number of aromatic amines is 1. The summed E-state index contributed by atoms with van der Waals surface area (Å²) in [6.07, 6.45) is 3.40. The molecule has 27 heavy (non-hydrogen) atoms. The topological polar surface area (TPSA) is 86.7 Å². The Morgan fingerprint density at radius 3 is 2.56 bits per heavy atom. The average molecular weight is 400 g/mol. The molecule has 0 amide bonds. The van der Waals surface area contributed by atoms with E-state index < -0.39 is 0 Å². The zero-order chi connectivity index (χ0) is 18.8. The Morgan fingerprint density at radius 2 is 1.85 bits per heavy atom. The van der Waals surface area contributed by atoms with Gasteiger partial charge in [-0.05, 0) is 47.5 Å². The van der Waals surface area contributed by atoms with Gasteiger partial charge in [0.25, 0.3) is 0 Å². The molecule has 0 atom stereocenters. The van der Waals surface area contributed by atoms with E-state index in [1.807, 2.05) is 30.3 Å². The third kappa shape index (κ3) is 3.60. The van der Waals surface area contributed by atoms with Gasteiger partial charge in [-0.15, -0.1) is 0 Å². The number of fused-ring (bicyclic) bond motifs is 1. The molecule has 1 aromatic carbocycles. The van der Waals surface area contributed by atoms with Crippen LogP contribution in [0.15, 0.2) is 48.8 Å². The molecule has 0 aliphatic carbocycles. The zero-order valence-corrected chi connectivity index (χ0v) is 15.6. The molecule has 0 saturated heterocycles. The Bertz CT molecular complexity index is 1080. The van der Waals surface area contributed by atoms with Crippen molar-refractivity contribution in [2.45, 2.75) is 0 Å². The van der Waals surface area contributed by atoms with Crippen LogP contribution in [0.25, 0.3) is 33.4 Å². The first kappa shape index (κ1) is 17.7. The van der Waals surface area contributed by atoms with Crippen molar-refractivity contribution in [3.8, 4) is 22.5 Å². The molecule has 3 heterocycles. The SMILES string of the molecule is OCCNc1cc(-c2cc(Cl)cc(Cl)c2)c2ccnc(-c3ccn[nH]3)c2n1. The maximum absolute atomic E-state index is 9.15. The summed E-state index contributed by atoms with van der Waals surface area (Å²) >= 11 is 12.4. The quantitative estimate of drug-likeness (QED) is 0.462. The van der Waals surface area contributed by atoms with Crippen LogP contribution in [-0.2, 0) is 0 Å². The molecule has 3 N–H and O–H groups in total. The van der Waals surface area contributed by atoms with E-state index in [9.17, 15) is 0 Å². The first-order chi connectivity index (χ1) is 13.2. The molecule has 0 radical (unpaired) electrons. The van der Waals surface area contributed by atoms with E-state index in [1.54, 1.807) is 18.5 Å². The van der Waals surface area contributed by atoms with Crippen LogP contribution in [0.1, 0.15) is 0 Å². The second-order valence-corrected chi connectivity index (χ2v) is 6.76. The van der Waals surface area contributed by atoms with Gasteiger partial charge in [-0.2, -0.15) is 5.10 Å². The number of aliphatic hydroxyl groups excluding tert-OH is 1. The van der Waals surface area contributed by atoms with Gasteiger partial charge in [0.05, 0.1) is 12.3 Å². The molecule has 0 fully saturated rings. The molecule has 4 aromatic rings. The minimum absolute atomic E-state index is 0.00150. The number of hydrogen-bond acceptors (Lipinski definition) is 5. The molecule has 0 unspecified atom stereocenters. The van der Waals surface area contributed by atoms with Crippen molar-refractivity contribution in [2.75, 3.05) is 18.5 Å². The molecule has 3 aromatic heterocycles. The van der Waals surface area contributed by atoms with Gasteiger partial charge >= 0.3 is 0 Å². The summed E-state index contributed by atoms with van der Waals surface area (Å²) in [4.78, 5) is 9.18. The number of anilines is 1. The number of rotatable bonds is 5. The van der Waals surface area contributed by atoms with E-state index in [0.29, 0.717) is 33.6 Å². The highest BCUT2D eigenvalue weighted by atomic mass is 35.5. The summed E-state index contributed by atoms with van der Waals surface area (Å²) in [6, 6.07) is 11.1. The van der Waals surface area contributed by atoms with Gasteiger partial charge in [0.15, 0.2) is 0 Å². The smallest absolute Gasteiger partial charge is 0.127 e. The lowest BCUT2D eigenvalue weighted by Gasteiger charge is -2.13. The number of aliphatic hydroxyl groups is 1. The van der Waals surface area contributed by atoms with Crippen molar-refractivity contribution in [1.29, 1.82) is 0 Å². The number of nitrogens with zero attached hydrogens (tertiary/aromatic N) is 3. The Labute approximate surface area is 165 Å². The molecule has 136 valence electrons. The molecular weight excluding hydrogens is 385 g/mol. The fourth-order valence-corrected chi connectivity index (χ4v) is 3.49. The largest absolute Gasteiger partial charge is 0.395 e. The molecular formula is C19H15Cl2N5O. The van der Waals surface area contributed by atoms with Crippen LogP contribution in [0.4, 0.5) is 5.82 Å². The van der Waals surface area contributed by atoms with Gasteiger partial charge in [-0.3, -0.25) is 10.1 Å². The summed E-state index contributed by atoms with van der Waals surface area (Å²) in [6.45, 7) is 0.381. The standard InChI is InChI=1S/C19H15Cl2N5O/c20-12-7-11(8-13(21)9-12)15-10-17(22-5-6-27)25-18-14(15)1-3-23-19(18)16-2-4-24-26-16/h1-4,7-10,27H,5-6H2,(H,22,25)(H,24,26). The molecule has 6 nitrogen and oxygen atoms in total. The van der Waals surface area contributed by atoms with E-state index in [4.69, 9.17) is 33.3 Å². The number of hydrogen-bond donors (Lipinski definition) is 3. The van der Waals surface area contributed by atoms with E-state index in [1.165, 1.54) is 0 Å².